The Morgan fingerprint density at radius 3 is 1.00 bits per heavy atom. The summed E-state index contributed by atoms with van der Waals surface area (Å²) in [6, 6.07) is 0. The first-order chi connectivity index (χ1) is 2.24. The maximum atomic E-state index is 8.26. The molecule has 7 heavy (non-hydrogen) atoms. The van der Waals surface area contributed by atoms with Gasteiger partial charge >= 0.3 is 51.7 Å². The van der Waals surface area contributed by atoms with Crippen molar-refractivity contribution < 1.29 is 17.6 Å². The van der Waals surface area contributed by atoms with Crippen molar-refractivity contribution in [3.8, 4) is 0 Å². The van der Waals surface area contributed by atoms with E-state index in [2.05, 4.69) is 0 Å². The summed E-state index contributed by atoms with van der Waals surface area (Å²) in [6.07, 6.45) is 0. The topological polar surface area (TPSA) is 20.2 Å². The molecule has 0 unspecified atom stereocenters. The predicted octanol–water partition coefficient (Wildman–Crippen LogP) is 1.01. The van der Waals surface area contributed by atoms with Crippen LogP contribution in [0.1, 0.15) is 0 Å². The average Bonchev–Trinajstić information content (AvgIpc) is 0.650. The van der Waals surface area contributed by atoms with E-state index in [1.165, 1.54) is 0 Å². The Bertz CT molecular complexity index is 44.9. The van der Waals surface area contributed by atoms with Crippen molar-refractivity contribution in [1.82, 2.24) is 0 Å². The number of hydrogen-bond donors (Lipinski definition) is 1. The van der Waals surface area contributed by atoms with Gasteiger partial charge in [-0.15, -0.1) is 0 Å². The van der Waals surface area contributed by atoms with E-state index in [0.29, 0.717) is 0 Å². The van der Waals surface area contributed by atoms with E-state index < -0.39 is 14.4 Å². The van der Waals surface area contributed by atoms with Gasteiger partial charge in [-0.25, -0.2) is 0 Å². The first kappa shape index (κ1) is 12.2. The van der Waals surface area contributed by atoms with Gasteiger partial charge in [-0.3, -0.25) is 0 Å². The maximum absolute atomic E-state index is 8.26. The Morgan fingerprint density at radius 1 is 1.00 bits per heavy atom. The van der Waals surface area contributed by atoms with Crippen molar-refractivity contribution >= 4 is 51.4 Å². The van der Waals surface area contributed by atoms with Gasteiger partial charge in [0, 0.05) is 0 Å². The van der Waals surface area contributed by atoms with Gasteiger partial charge in [-0.2, -0.15) is 0 Å². The van der Waals surface area contributed by atoms with Crippen LogP contribution in [0, 0.1) is 0 Å². The second kappa shape index (κ2) is 3.08. The molecule has 0 aliphatic carbocycles. The summed E-state index contributed by atoms with van der Waals surface area (Å²) < 4.78 is 8.26. The van der Waals surface area contributed by atoms with E-state index in [1.807, 2.05) is 0 Å². The van der Waals surface area contributed by atoms with Gasteiger partial charge in [-0.05, 0) is 0 Å². The van der Waals surface area contributed by atoms with Gasteiger partial charge in [-0.1, -0.05) is 0 Å². The van der Waals surface area contributed by atoms with Crippen LogP contribution in [0.2, 0.25) is 0 Å². The Morgan fingerprint density at radius 2 is 1.00 bits per heavy atom. The van der Waals surface area contributed by atoms with E-state index in [-0.39, 0.29) is 17.4 Å². The van der Waals surface area contributed by atoms with E-state index in [4.69, 9.17) is 37.2 Å². The molecule has 45 valence electrons. The molecule has 0 aromatic carbocycles. The van der Waals surface area contributed by atoms with Crippen LogP contribution in [-0.4, -0.2) is 20.5 Å². The first-order valence-corrected chi connectivity index (χ1v) is 14.7. The molecule has 0 saturated carbocycles. The van der Waals surface area contributed by atoms with Crippen LogP contribution in [0.15, 0.2) is 0 Å². The van der Waals surface area contributed by atoms with Gasteiger partial charge in [0.25, 0.3) is 0 Å². The molecule has 0 bridgehead atoms. The summed E-state index contributed by atoms with van der Waals surface area (Å²) in [7, 11) is 19.4. The van der Waals surface area contributed by atoms with Crippen LogP contribution in [0.5, 0.6) is 0 Å². The molecule has 0 aromatic heterocycles. The first-order valence-electron chi connectivity index (χ1n) is 0.980. The van der Waals surface area contributed by atoms with Crippen LogP contribution >= 0.6 is 34.1 Å². The zero-order chi connectivity index (χ0) is 5.45. The molecule has 0 spiro atoms. The molecule has 0 aliphatic rings. The van der Waals surface area contributed by atoms with Crippen molar-refractivity contribution in [3.05, 3.63) is 0 Å². The van der Waals surface area contributed by atoms with Crippen LogP contribution in [0.4, 0.5) is 0 Å². The van der Waals surface area contributed by atoms with E-state index in [0.717, 1.165) is 0 Å². The Hall–Kier alpha value is 2.54. The molecule has 0 rings (SSSR count). The van der Waals surface area contributed by atoms with Gasteiger partial charge in [0.05, 0.1) is 0 Å². The summed E-state index contributed by atoms with van der Waals surface area (Å²) in [4.78, 5) is 0. The van der Waals surface area contributed by atoms with Crippen LogP contribution in [0.3, 0.4) is 0 Å². The zero-order valence-electron chi connectivity index (χ0n) is 2.46. The zero-order valence-corrected chi connectivity index (χ0v) is 7.94. The minimum atomic E-state index is -4.87. The quantitative estimate of drug-likeness (QED) is 0.657. The summed E-state index contributed by atoms with van der Waals surface area (Å²) in [5, 5.41) is 0. The SMILES string of the molecule is [AlH3].[OH][Zr]([Cl])([Cl])([Cl])[Cl]. The molecule has 0 aromatic rings. The molecule has 0 heterocycles. The molecule has 7 heteroatoms. The summed E-state index contributed by atoms with van der Waals surface area (Å²) in [5.74, 6) is 0. The van der Waals surface area contributed by atoms with Gasteiger partial charge < -0.3 is 0 Å². The molecule has 0 saturated heterocycles. The molecule has 0 radical (unpaired) electrons. The van der Waals surface area contributed by atoms with Crippen molar-refractivity contribution in [2.24, 2.45) is 0 Å². The molecule has 0 aliphatic heterocycles. The third-order valence-corrected chi connectivity index (χ3v) is 0. The third kappa shape index (κ3) is 56.7. The van der Waals surface area contributed by atoms with Crippen molar-refractivity contribution in [1.29, 1.82) is 0 Å². The second-order valence-electron chi connectivity index (χ2n) is 0.767. The van der Waals surface area contributed by atoms with Crippen molar-refractivity contribution in [3.63, 3.8) is 0 Å². The molecule has 0 atom stereocenters. The summed E-state index contributed by atoms with van der Waals surface area (Å²) >= 11 is -4.87. The molecule has 1 nitrogen and oxygen atoms in total. The van der Waals surface area contributed by atoms with E-state index >= 15 is 0 Å². The fraction of sp³-hybridized carbons (Fsp3) is 0. The summed E-state index contributed by atoms with van der Waals surface area (Å²) in [6.45, 7) is 0. The second-order valence-corrected chi connectivity index (χ2v) is 28.8. The number of rotatable bonds is 0. The minimum absolute atomic E-state index is 0. The Labute approximate surface area is 68.0 Å². The van der Waals surface area contributed by atoms with Crippen LogP contribution < -0.4 is 0 Å². The van der Waals surface area contributed by atoms with E-state index in [9.17, 15) is 0 Å². The average molecular weight is 280 g/mol. The Kier molecular flexibility index (Phi) is 5.39. The van der Waals surface area contributed by atoms with Gasteiger partial charge in [0.2, 0.25) is 0 Å². The predicted molar refractivity (Wildman–Crippen MR) is 35.6 cm³/mol. The molecule has 0 fully saturated rings. The van der Waals surface area contributed by atoms with Crippen LogP contribution in [-0.2, 0) is 14.4 Å². The fourth-order valence-corrected chi connectivity index (χ4v) is 0. The van der Waals surface area contributed by atoms with E-state index in [1.54, 1.807) is 0 Å². The Balaban J connectivity index is 0. The van der Waals surface area contributed by atoms with Gasteiger partial charge in [0.15, 0.2) is 17.4 Å². The van der Waals surface area contributed by atoms with Crippen LogP contribution in [0.25, 0.3) is 0 Å². The number of halogens is 4. The number of hydrogen-bond acceptors (Lipinski definition) is 1. The van der Waals surface area contributed by atoms with Crippen molar-refractivity contribution in [2.45, 2.75) is 0 Å². The standard InChI is InChI=1S/Al.4ClH.H2O.Zr.3H/h;4*1H;1H2;;;;/q;;;;;;+5;;;/p-5. The van der Waals surface area contributed by atoms with Gasteiger partial charge in [0.1, 0.15) is 0 Å². The molecular formula is H4AlCl4OZr. The monoisotopic (exact) mass is 277 g/mol. The van der Waals surface area contributed by atoms with Crippen molar-refractivity contribution in [2.75, 3.05) is 0 Å². The third-order valence-electron chi connectivity index (χ3n) is 0. The fourth-order valence-electron chi connectivity index (χ4n) is 0. The summed E-state index contributed by atoms with van der Waals surface area (Å²) in [5.41, 5.74) is 0. The molecule has 1 N–H and O–H groups in total. The molecule has 0 amide bonds. The normalized spacial score (nSPS) is 16.4. The molecular weight excluding hydrogens is 276 g/mol.